The third-order valence-electron chi connectivity index (χ3n) is 4.82. The zero-order chi connectivity index (χ0) is 19.6. The molecular formula is C18H26Cl2N4O3. The van der Waals surface area contributed by atoms with Crippen LogP contribution in [0.1, 0.15) is 46.5 Å². The van der Waals surface area contributed by atoms with Crippen LogP contribution >= 0.6 is 23.2 Å². The molecule has 0 radical (unpaired) electrons. The van der Waals surface area contributed by atoms with Gasteiger partial charge in [0.05, 0.1) is 0 Å². The van der Waals surface area contributed by atoms with Crippen LogP contribution in [0.4, 0.5) is 4.79 Å². The van der Waals surface area contributed by atoms with E-state index in [1.165, 1.54) is 0 Å². The number of hydrogen-bond acceptors (Lipinski definition) is 6. The van der Waals surface area contributed by atoms with Gasteiger partial charge in [0.1, 0.15) is 12.2 Å². The van der Waals surface area contributed by atoms with E-state index in [0.29, 0.717) is 24.9 Å². The third-order valence-corrected chi connectivity index (χ3v) is 5.26. The molecule has 1 aromatic heterocycles. The van der Waals surface area contributed by atoms with E-state index in [-0.39, 0.29) is 28.5 Å². The minimum absolute atomic E-state index is 0.187. The fraction of sp³-hybridized carbons (Fsp3) is 0.722. The molecule has 0 aromatic carbocycles. The molecule has 2 aliphatic heterocycles. The minimum atomic E-state index is -0.463. The molecule has 2 aliphatic rings. The number of fused-ring (bicyclic) bond motifs is 2. The second kappa shape index (κ2) is 8.37. The summed E-state index contributed by atoms with van der Waals surface area (Å²) in [4.78, 5) is 14.4. The standard InChI is InChI=1S/C18H26Cl2N4O3/c1-18(2,3)27-17(25)24-12-4-5-13(24)9-11(8-12)21-6-7-26-14-10-15(19)22-23-16(14)20/h10-13,21H,4-9H2,1-3H3/t11-,12-,13+. The summed E-state index contributed by atoms with van der Waals surface area (Å²) in [5.41, 5.74) is -0.463. The van der Waals surface area contributed by atoms with Crippen LogP contribution in [0.3, 0.4) is 0 Å². The molecule has 1 aromatic rings. The maximum Gasteiger partial charge on any atom is 0.410 e. The topological polar surface area (TPSA) is 76.6 Å². The SMILES string of the molecule is CC(C)(C)OC(=O)N1[C@@H]2CC[C@H]1C[C@H](NCCOc1cc(Cl)nnc1Cl)C2. The second-order valence-corrected chi connectivity index (χ2v) is 8.81. The summed E-state index contributed by atoms with van der Waals surface area (Å²) in [5, 5.41) is 11.3. The van der Waals surface area contributed by atoms with Crippen LogP contribution in [-0.4, -0.2) is 58.1 Å². The molecule has 3 atom stereocenters. The number of hydrogen-bond donors (Lipinski definition) is 1. The van der Waals surface area contributed by atoms with E-state index in [2.05, 4.69) is 15.5 Å². The number of aromatic nitrogens is 2. The number of rotatable bonds is 5. The van der Waals surface area contributed by atoms with Crippen molar-refractivity contribution in [2.45, 2.75) is 70.2 Å². The fourth-order valence-corrected chi connectivity index (χ4v) is 4.10. The summed E-state index contributed by atoms with van der Waals surface area (Å²) in [7, 11) is 0. The molecule has 1 N–H and O–H groups in total. The number of nitrogens with zero attached hydrogens (tertiary/aromatic N) is 3. The Morgan fingerprint density at radius 2 is 1.93 bits per heavy atom. The first kappa shape index (κ1) is 20.4. The van der Waals surface area contributed by atoms with Gasteiger partial charge < -0.3 is 19.7 Å². The van der Waals surface area contributed by atoms with Gasteiger partial charge in [-0.1, -0.05) is 23.2 Å². The Morgan fingerprint density at radius 3 is 2.56 bits per heavy atom. The van der Waals surface area contributed by atoms with Gasteiger partial charge in [0.25, 0.3) is 0 Å². The van der Waals surface area contributed by atoms with E-state index in [9.17, 15) is 4.79 Å². The maximum atomic E-state index is 12.5. The lowest BCUT2D eigenvalue weighted by molar-refractivity contribution is 0.00462. The van der Waals surface area contributed by atoms with Crippen molar-refractivity contribution in [2.24, 2.45) is 0 Å². The van der Waals surface area contributed by atoms with Crippen molar-refractivity contribution in [3.8, 4) is 5.75 Å². The Bertz CT molecular complexity index is 669. The summed E-state index contributed by atoms with van der Waals surface area (Å²) in [6, 6.07) is 2.40. The van der Waals surface area contributed by atoms with Crippen molar-refractivity contribution in [2.75, 3.05) is 13.2 Å². The number of halogens is 2. The van der Waals surface area contributed by atoms with Crippen LogP contribution in [-0.2, 0) is 4.74 Å². The Kier molecular flexibility index (Phi) is 6.33. The lowest BCUT2D eigenvalue weighted by atomic mass is 9.98. The van der Waals surface area contributed by atoms with Gasteiger partial charge in [-0.05, 0) is 46.5 Å². The van der Waals surface area contributed by atoms with Gasteiger partial charge >= 0.3 is 6.09 Å². The number of nitrogens with one attached hydrogen (secondary N) is 1. The van der Waals surface area contributed by atoms with Gasteiger partial charge in [-0.3, -0.25) is 0 Å². The largest absolute Gasteiger partial charge is 0.489 e. The van der Waals surface area contributed by atoms with Crippen molar-refractivity contribution in [1.29, 1.82) is 0 Å². The molecule has 27 heavy (non-hydrogen) atoms. The highest BCUT2D eigenvalue weighted by molar-refractivity contribution is 6.32. The summed E-state index contributed by atoms with van der Waals surface area (Å²) in [6.45, 7) is 6.83. The Labute approximate surface area is 169 Å². The number of amides is 1. The second-order valence-electron chi connectivity index (χ2n) is 8.07. The predicted molar refractivity (Wildman–Crippen MR) is 103 cm³/mol. The molecule has 0 unspecified atom stereocenters. The molecule has 1 amide bonds. The summed E-state index contributed by atoms with van der Waals surface area (Å²) in [6.07, 6.45) is 3.75. The van der Waals surface area contributed by atoms with E-state index in [4.69, 9.17) is 32.7 Å². The van der Waals surface area contributed by atoms with Gasteiger partial charge in [0.2, 0.25) is 0 Å². The first-order chi connectivity index (χ1) is 12.7. The molecule has 7 nitrogen and oxygen atoms in total. The Balaban J connectivity index is 1.45. The van der Waals surface area contributed by atoms with Gasteiger partial charge in [0, 0.05) is 30.7 Å². The van der Waals surface area contributed by atoms with Crippen LogP contribution in [0.25, 0.3) is 0 Å². The van der Waals surface area contributed by atoms with Crippen LogP contribution in [0.5, 0.6) is 5.75 Å². The lowest BCUT2D eigenvalue weighted by Crippen LogP contribution is -2.53. The van der Waals surface area contributed by atoms with E-state index in [1.54, 1.807) is 6.07 Å². The monoisotopic (exact) mass is 416 g/mol. The molecule has 150 valence electrons. The van der Waals surface area contributed by atoms with Crippen LogP contribution in [0.2, 0.25) is 10.3 Å². The number of ether oxygens (including phenoxy) is 2. The highest BCUT2D eigenvalue weighted by Gasteiger charge is 2.44. The van der Waals surface area contributed by atoms with Crippen molar-refractivity contribution in [1.82, 2.24) is 20.4 Å². The van der Waals surface area contributed by atoms with Crippen molar-refractivity contribution in [3.63, 3.8) is 0 Å². The maximum absolute atomic E-state index is 12.5. The molecule has 2 saturated heterocycles. The first-order valence-corrected chi connectivity index (χ1v) is 10.0. The first-order valence-electron chi connectivity index (χ1n) is 9.29. The highest BCUT2D eigenvalue weighted by atomic mass is 35.5. The quantitative estimate of drug-likeness (QED) is 0.737. The normalized spacial score (nSPS) is 24.8. The van der Waals surface area contributed by atoms with Gasteiger partial charge in [-0.2, -0.15) is 0 Å². The van der Waals surface area contributed by atoms with Gasteiger partial charge in [0.15, 0.2) is 16.1 Å². The summed E-state index contributed by atoms with van der Waals surface area (Å²) < 4.78 is 11.2. The van der Waals surface area contributed by atoms with Crippen LogP contribution in [0, 0.1) is 0 Å². The minimum Gasteiger partial charge on any atom is -0.489 e. The molecule has 2 fully saturated rings. The van der Waals surface area contributed by atoms with Crippen molar-refractivity contribution in [3.05, 3.63) is 16.4 Å². The number of carbonyl (C=O) groups is 1. The van der Waals surface area contributed by atoms with Crippen molar-refractivity contribution >= 4 is 29.3 Å². The van der Waals surface area contributed by atoms with E-state index < -0.39 is 5.60 Å². The fourth-order valence-electron chi connectivity index (χ4n) is 3.82. The molecule has 2 bridgehead atoms. The van der Waals surface area contributed by atoms with Crippen LogP contribution < -0.4 is 10.1 Å². The van der Waals surface area contributed by atoms with E-state index >= 15 is 0 Å². The highest BCUT2D eigenvalue weighted by Crippen LogP contribution is 2.36. The molecule has 3 heterocycles. The van der Waals surface area contributed by atoms with E-state index in [1.807, 2.05) is 25.7 Å². The van der Waals surface area contributed by atoms with Crippen LogP contribution in [0.15, 0.2) is 6.07 Å². The summed E-state index contributed by atoms with van der Waals surface area (Å²) >= 11 is 11.7. The molecule has 0 spiro atoms. The molecule has 3 rings (SSSR count). The zero-order valence-electron chi connectivity index (χ0n) is 15.9. The lowest BCUT2D eigenvalue weighted by Gasteiger charge is -2.39. The predicted octanol–water partition coefficient (Wildman–Crippen LogP) is 3.68. The molecule has 0 aliphatic carbocycles. The number of piperidine rings is 1. The van der Waals surface area contributed by atoms with Gasteiger partial charge in [-0.15, -0.1) is 10.2 Å². The Morgan fingerprint density at radius 1 is 1.26 bits per heavy atom. The van der Waals surface area contributed by atoms with Crippen molar-refractivity contribution < 1.29 is 14.3 Å². The third kappa shape index (κ3) is 5.36. The smallest absolute Gasteiger partial charge is 0.410 e. The molecule has 9 heteroatoms. The summed E-state index contributed by atoms with van der Waals surface area (Å²) in [5.74, 6) is 0.429. The Hall–Kier alpha value is -1.31. The zero-order valence-corrected chi connectivity index (χ0v) is 17.4. The average Bonchev–Trinajstić information content (AvgIpc) is 2.84. The molecule has 0 saturated carbocycles. The number of carbonyl (C=O) groups excluding carboxylic acids is 1. The molecular weight excluding hydrogens is 391 g/mol. The van der Waals surface area contributed by atoms with Gasteiger partial charge in [-0.25, -0.2) is 4.79 Å². The average molecular weight is 417 g/mol. The van der Waals surface area contributed by atoms with E-state index in [0.717, 1.165) is 25.7 Å².